The third-order valence-corrected chi connectivity index (χ3v) is 3.64. The Morgan fingerprint density at radius 3 is 2.40 bits per heavy atom. The van der Waals surface area contributed by atoms with E-state index in [2.05, 4.69) is 0 Å². The van der Waals surface area contributed by atoms with Crippen LogP contribution in [-0.4, -0.2) is 66.3 Å². The summed E-state index contributed by atoms with van der Waals surface area (Å²) < 4.78 is 5.31. The van der Waals surface area contributed by atoms with Gasteiger partial charge in [0.1, 0.15) is 0 Å². The monoisotopic (exact) mass is 286 g/mol. The Bertz CT molecular complexity index is 327. The maximum Gasteiger partial charge on any atom is 0.319 e. The van der Waals surface area contributed by atoms with Crippen LogP contribution in [0.4, 0.5) is 4.79 Å². The predicted octanol–water partition coefficient (Wildman–Crippen LogP) is 1.65. The second kappa shape index (κ2) is 8.09. The first kappa shape index (κ1) is 16.8. The fourth-order valence-corrected chi connectivity index (χ4v) is 2.40. The van der Waals surface area contributed by atoms with Gasteiger partial charge in [-0.1, -0.05) is 0 Å². The molecule has 0 aromatic carbocycles. The average molecular weight is 286 g/mol. The van der Waals surface area contributed by atoms with Gasteiger partial charge in [0.25, 0.3) is 0 Å². The number of nitrogens with zero attached hydrogens (tertiary/aromatic N) is 2. The fraction of sp³-hybridized carbons (Fsp3) is 0.857. The van der Waals surface area contributed by atoms with Crippen molar-refractivity contribution in [2.45, 2.75) is 39.2 Å². The third kappa shape index (κ3) is 5.36. The zero-order valence-electron chi connectivity index (χ0n) is 12.7. The number of carboxylic acid groups (broad SMARTS) is 1. The van der Waals surface area contributed by atoms with Crippen molar-refractivity contribution in [3.05, 3.63) is 0 Å². The van der Waals surface area contributed by atoms with E-state index < -0.39 is 5.97 Å². The molecule has 1 heterocycles. The van der Waals surface area contributed by atoms with Crippen LogP contribution in [0.2, 0.25) is 0 Å². The molecule has 2 amide bonds. The Labute approximate surface area is 120 Å². The van der Waals surface area contributed by atoms with Gasteiger partial charge in [0.2, 0.25) is 0 Å². The predicted molar refractivity (Wildman–Crippen MR) is 75.7 cm³/mol. The van der Waals surface area contributed by atoms with Crippen LogP contribution < -0.4 is 0 Å². The van der Waals surface area contributed by atoms with Crippen molar-refractivity contribution in [1.82, 2.24) is 9.80 Å². The highest BCUT2D eigenvalue weighted by atomic mass is 16.5. The van der Waals surface area contributed by atoms with Gasteiger partial charge in [0.15, 0.2) is 0 Å². The summed E-state index contributed by atoms with van der Waals surface area (Å²) in [6, 6.07) is -0.0910. The average Bonchev–Trinajstić information content (AvgIpc) is 2.39. The number of carbonyl (C=O) groups is 2. The number of hydrogen-bond acceptors (Lipinski definition) is 3. The van der Waals surface area contributed by atoms with E-state index in [0.717, 1.165) is 26.1 Å². The summed E-state index contributed by atoms with van der Waals surface area (Å²) in [5.41, 5.74) is 0. The maximum atomic E-state index is 12.4. The van der Waals surface area contributed by atoms with Gasteiger partial charge in [-0.15, -0.1) is 0 Å². The van der Waals surface area contributed by atoms with E-state index in [1.165, 1.54) is 0 Å². The molecule has 0 radical (unpaired) electrons. The molecule has 0 unspecified atom stereocenters. The molecule has 116 valence electrons. The highest BCUT2D eigenvalue weighted by Gasteiger charge is 2.24. The van der Waals surface area contributed by atoms with E-state index in [0.29, 0.717) is 12.5 Å². The summed E-state index contributed by atoms with van der Waals surface area (Å²) in [7, 11) is 1.79. The standard InChI is InChI=1S/C14H26N2O4/c1-11(2)16(7-4-13(17)18)14(19)15(3)10-12-5-8-20-9-6-12/h11-12H,4-10H2,1-3H3,(H,17,18). The number of amides is 2. The van der Waals surface area contributed by atoms with Crippen LogP contribution in [0.25, 0.3) is 0 Å². The summed E-state index contributed by atoms with van der Waals surface area (Å²) in [4.78, 5) is 26.4. The van der Waals surface area contributed by atoms with E-state index in [4.69, 9.17) is 9.84 Å². The first-order valence-corrected chi connectivity index (χ1v) is 7.23. The summed E-state index contributed by atoms with van der Waals surface area (Å²) >= 11 is 0. The quantitative estimate of drug-likeness (QED) is 0.806. The molecule has 6 heteroatoms. The lowest BCUT2D eigenvalue weighted by atomic mass is 10.00. The van der Waals surface area contributed by atoms with Gasteiger partial charge in [-0.2, -0.15) is 0 Å². The van der Waals surface area contributed by atoms with Gasteiger partial charge in [0, 0.05) is 39.4 Å². The molecule has 1 rings (SSSR count). The highest BCUT2D eigenvalue weighted by Crippen LogP contribution is 2.16. The van der Waals surface area contributed by atoms with Crippen LogP contribution in [-0.2, 0) is 9.53 Å². The largest absolute Gasteiger partial charge is 0.481 e. The Morgan fingerprint density at radius 1 is 1.30 bits per heavy atom. The molecule has 6 nitrogen and oxygen atoms in total. The van der Waals surface area contributed by atoms with Crippen LogP contribution in [0.3, 0.4) is 0 Å². The number of ether oxygens (including phenoxy) is 1. The Hall–Kier alpha value is -1.30. The summed E-state index contributed by atoms with van der Waals surface area (Å²) in [6.45, 7) is 6.30. The van der Waals surface area contributed by atoms with Crippen LogP contribution in [0.5, 0.6) is 0 Å². The zero-order chi connectivity index (χ0) is 15.1. The normalized spacial score (nSPS) is 16.2. The molecular weight excluding hydrogens is 260 g/mol. The number of hydrogen-bond donors (Lipinski definition) is 1. The van der Waals surface area contributed by atoms with Gasteiger partial charge >= 0.3 is 12.0 Å². The van der Waals surface area contributed by atoms with E-state index in [1.807, 2.05) is 13.8 Å². The van der Waals surface area contributed by atoms with Crippen LogP contribution >= 0.6 is 0 Å². The van der Waals surface area contributed by atoms with Crippen molar-refractivity contribution in [1.29, 1.82) is 0 Å². The van der Waals surface area contributed by atoms with Gasteiger partial charge in [-0.3, -0.25) is 4.79 Å². The van der Waals surface area contributed by atoms with E-state index in [1.54, 1.807) is 16.8 Å². The summed E-state index contributed by atoms with van der Waals surface area (Å²) in [5, 5.41) is 8.76. The van der Waals surface area contributed by atoms with Crippen molar-refractivity contribution in [3.63, 3.8) is 0 Å². The van der Waals surface area contributed by atoms with Crippen molar-refractivity contribution < 1.29 is 19.4 Å². The highest BCUT2D eigenvalue weighted by molar-refractivity contribution is 5.75. The minimum Gasteiger partial charge on any atom is -0.481 e. The fourth-order valence-electron chi connectivity index (χ4n) is 2.40. The second-order valence-corrected chi connectivity index (χ2v) is 5.65. The first-order chi connectivity index (χ1) is 9.41. The zero-order valence-corrected chi connectivity index (χ0v) is 12.7. The molecule has 20 heavy (non-hydrogen) atoms. The van der Waals surface area contributed by atoms with Gasteiger partial charge in [0.05, 0.1) is 6.42 Å². The number of aliphatic carboxylic acids is 1. The maximum absolute atomic E-state index is 12.4. The third-order valence-electron chi connectivity index (χ3n) is 3.64. The molecule has 0 bridgehead atoms. The Balaban J connectivity index is 2.51. The van der Waals surface area contributed by atoms with Crippen molar-refractivity contribution in [2.24, 2.45) is 5.92 Å². The van der Waals surface area contributed by atoms with Crippen LogP contribution in [0.1, 0.15) is 33.1 Å². The van der Waals surface area contributed by atoms with E-state index in [-0.39, 0.29) is 25.0 Å². The number of carboxylic acids is 1. The molecular formula is C14H26N2O4. The minimum atomic E-state index is -0.879. The Morgan fingerprint density at radius 2 is 1.90 bits per heavy atom. The number of rotatable bonds is 6. The topological polar surface area (TPSA) is 70.1 Å². The second-order valence-electron chi connectivity index (χ2n) is 5.65. The molecule has 1 aliphatic rings. The lowest BCUT2D eigenvalue weighted by molar-refractivity contribution is -0.137. The molecule has 0 atom stereocenters. The molecule has 0 aliphatic carbocycles. The summed E-state index contributed by atoms with van der Waals surface area (Å²) in [5.74, 6) is -0.401. The van der Waals surface area contributed by atoms with Crippen LogP contribution in [0.15, 0.2) is 0 Å². The lowest BCUT2D eigenvalue weighted by Gasteiger charge is -2.33. The lowest BCUT2D eigenvalue weighted by Crippen LogP contribution is -2.47. The van der Waals surface area contributed by atoms with E-state index in [9.17, 15) is 9.59 Å². The smallest absolute Gasteiger partial charge is 0.319 e. The molecule has 1 saturated heterocycles. The van der Waals surface area contributed by atoms with Gasteiger partial charge < -0.3 is 19.6 Å². The van der Waals surface area contributed by atoms with Gasteiger partial charge in [-0.25, -0.2) is 4.79 Å². The van der Waals surface area contributed by atoms with Crippen molar-refractivity contribution in [3.8, 4) is 0 Å². The molecule has 0 aromatic heterocycles. The van der Waals surface area contributed by atoms with Crippen LogP contribution in [0, 0.1) is 5.92 Å². The first-order valence-electron chi connectivity index (χ1n) is 7.23. The molecule has 1 N–H and O–H groups in total. The number of carbonyl (C=O) groups excluding carboxylic acids is 1. The molecule has 1 fully saturated rings. The van der Waals surface area contributed by atoms with E-state index >= 15 is 0 Å². The molecule has 0 saturated carbocycles. The number of urea groups is 1. The minimum absolute atomic E-state index is 0.000936. The molecule has 1 aliphatic heterocycles. The van der Waals surface area contributed by atoms with Crippen molar-refractivity contribution >= 4 is 12.0 Å². The molecule has 0 spiro atoms. The summed E-state index contributed by atoms with van der Waals surface area (Å²) in [6.07, 6.45) is 1.94. The SMILES string of the molecule is CC(C)N(CCC(=O)O)C(=O)N(C)CC1CCOCC1. The molecule has 0 aromatic rings. The van der Waals surface area contributed by atoms with Gasteiger partial charge in [-0.05, 0) is 32.6 Å². The Kier molecular flexibility index (Phi) is 6.78. The van der Waals surface area contributed by atoms with Crippen molar-refractivity contribution in [2.75, 3.05) is 33.4 Å².